The van der Waals surface area contributed by atoms with E-state index < -0.39 is 5.97 Å². The van der Waals surface area contributed by atoms with Crippen LogP contribution >= 0.6 is 0 Å². The average Bonchev–Trinajstić information content (AvgIpc) is 2.93. The maximum Gasteiger partial charge on any atom is 0.338 e. The van der Waals surface area contributed by atoms with E-state index in [1.807, 2.05) is 0 Å². The van der Waals surface area contributed by atoms with Gasteiger partial charge in [0.05, 0.1) is 23.3 Å². The third kappa shape index (κ3) is 4.09. The molecule has 0 fully saturated rings. The van der Waals surface area contributed by atoms with Crippen LogP contribution in [0.4, 0.5) is 5.69 Å². The molecule has 1 aliphatic rings. The van der Waals surface area contributed by atoms with Gasteiger partial charge >= 0.3 is 5.97 Å². The monoisotopic (exact) mass is 380 g/mol. The minimum absolute atomic E-state index is 0.136. The van der Waals surface area contributed by atoms with Gasteiger partial charge in [-0.1, -0.05) is 18.2 Å². The zero-order valence-corrected chi connectivity index (χ0v) is 15.4. The Labute approximate surface area is 162 Å². The van der Waals surface area contributed by atoms with E-state index in [1.54, 1.807) is 55.5 Å². The Balaban J connectivity index is 1.52. The Bertz CT molecular complexity index is 903. The second-order valence-electron chi connectivity index (χ2n) is 6.26. The van der Waals surface area contributed by atoms with Crippen molar-refractivity contribution in [1.29, 1.82) is 0 Å². The molecule has 1 aliphatic heterocycles. The molecule has 0 atom stereocenters. The maximum atomic E-state index is 12.3. The van der Waals surface area contributed by atoms with Crippen LogP contribution < -0.4 is 5.32 Å². The summed E-state index contributed by atoms with van der Waals surface area (Å²) in [5.74, 6) is -1.38. The Morgan fingerprint density at radius 1 is 1.00 bits per heavy atom. The summed E-state index contributed by atoms with van der Waals surface area (Å²) in [4.78, 5) is 49.7. The van der Waals surface area contributed by atoms with Gasteiger partial charge in [0.1, 0.15) is 0 Å². The predicted molar refractivity (Wildman–Crippen MR) is 102 cm³/mol. The molecule has 7 heteroatoms. The number of esters is 1. The molecule has 144 valence electrons. The largest absolute Gasteiger partial charge is 0.462 e. The molecule has 3 rings (SSSR count). The fourth-order valence-electron chi connectivity index (χ4n) is 3.00. The Hall–Kier alpha value is -3.48. The van der Waals surface area contributed by atoms with Crippen LogP contribution in [-0.2, 0) is 9.53 Å². The smallest absolute Gasteiger partial charge is 0.338 e. The standard InChI is InChI=1S/C21H20N2O5/c1-2-28-21(27)14-7-5-8-15(13-14)22-18(24)11-6-12-23-19(25)16-9-3-4-10-17(16)20(23)26/h3-5,7-10,13H,2,6,11-12H2,1H3,(H,22,24). The highest BCUT2D eigenvalue weighted by Crippen LogP contribution is 2.22. The quantitative estimate of drug-likeness (QED) is 0.589. The number of rotatable bonds is 7. The highest BCUT2D eigenvalue weighted by Gasteiger charge is 2.34. The van der Waals surface area contributed by atoms with Crippen molar-refractivity contribution in [1.82, 2.24) is 4.90 Å². The fourth-order valence-corrected chi connectivity index (χ4v) is 3.00. The van der Waals surface area contributed by atoms with E-state index in [2.05, 4.69) is 5.32 Å². The second kappa shape index (κ2) is 8.47. The lowest BCUT2D eigenvalue weighted by Gasteiger charge is -2.13. The van der Waals surface area contributed by atoms with Crippen LogP contribution in [0.25, 0.3) is 0 Å². The van der Waals surface area contributed by atoms with E-state index in [9.17, 15) is 19.2 Å². The molecule has 0 aromatic heterocycles. The first kappa shape index (κ1) is 19.3. The molecule has 0 saturated heterocycles. The van der Waals surface area contributed by atoms with Crippen molar-refractivity contribution in [2.24, 2.45) is 0 Å². The molecule has 1 N–H and O–H groups in total. The van der Waals surface area contributed by atoms with Crippen LogP contribution in [-0.4, -0.2) is 41.7 Å². The fraction of sp³-hybridized carbons (Fsp3) is 0.238. The number of fused-ring (bicyclic) bond motifs is 1. The first-order valence-corrected chi connectivity index (χ1v) is 9.03. The molecule has 2 aromatic rings. The number of amides is 3. The van der Waals surface area contributed by atoms with E-state index in [4.69, 9.17) is 4.74 Å². The molecule has 0 aliphatic carbocycles. The SMILES string of the molecule is CCOC(=O)c1cccc(NC(=O)CCCN2C(=O)c3ccccc3C2=O)c1. The minimum Gasteiger partial charge on any atom is -0.462 e. The van der Waals surface area contributed by atoms with Gasteiger partial charge < -0.3 is 10.1 Å². The summed E-state index contributed by atoms with van der Waals surface area (Å²) in [6.45, 7) is 2.16. The minimum atomic E-state index is -0.454. The number of anilines is 1. The first-order chi connectivity index (χ1) is 13.5. The van der Waals surface area contributed by atoms with Gasteiger partial charge in [-0.15, -0.1) is 0 Å². The van der Waals surface area contributed by atoms with Gasteiger partial charge in [-0.3, -0.25) is 19.3 Å². The number of carbonyl (C=O) groups is 4. The number of hydrogen-bond acceptors (Lipinski definition) is 5. The van der Waals surface area contributed by atoms with Crippen molar-refractivity contribution in [3.63, 3.8) is 0 Å². The van der Waals surface area contributed by atoms with Crippen molar-refractivity contribution >= 4 is 29.4 Å². The number of nitrogens with one attached hydrogen (secondary N) is 1. The molecule has 7 nitrogen and oxygen atoms in total. The van der Waals surface area contributed by atoms with Gasteiger partial charge in [0.2, 0.25) is 5.91 Å². The summed E-state index contributed by atoms with van der Waals surface area (Å²) in [7, 11) is 0. The molecule has 28 heavy (non-hydrogen) atoms. The van der Waals surface area contributed by atoms with Gasteiger partial charge in [-0.25, -0.2) is 4.79 Å². The lowest BCUT2D eigenvalue weighted by molar-refractivity contribution is -0.116. The van der Waals surface area contributed by atoms with Crippen LogP contribution in [0, 0.1) is 0 Å². The number of carbonyl (C=O) groups excluding carboxylic acids is 4. The molecule has 1 heterocycles. The Morgan fingerprint density at radius 2 is 1.68 bits per heavy atom. The van der Waals surface area contributed by atoms with Crippen molar-refractivity contribution < 1.29 is 23.9 Å². The van der Waals surface area contributed by atoms with Crippen molar-refractivity contribution in [3.8, 4) is 0 Å². The van der Waals surface area contributed by atoms with Crippen LogP contribution in [0.3, 0.4) is 0 Å². The molecule has 0 unspecified atom stereocenters. The number of benzene rings is 2. The van der Waals surface area contributed by atoms with Crippen LogP contribution in [0.15, 0.2) is 48.5 Å². The highest BCUT2D eigenvalue weighted by atomic mass is 16.5. The molecule has 0 bridgehead atoms. The zero-order valence-electron chi connectivity index (χ0n) is 15.4. The molecular weight excluding hydrogens is 360 g/mol. The van der Waals surface area contributed by atoms with Gasteiger partial charge in [0, 0.05) is 18.7 Å². The van der Waals surface area contributed by atoms with Gasteiger partial charge in [-0.2, -0.15) is 0 Å². The molecular formula is C21H20N2O5. The van der Waals surface area contributed by atoms with Crippen molar-refractivity contribution in [2.45, 2.75) is 19.8 Å². The number of imide groups is 1. The van der Waals surface area contributed by atoms with E-state index >= 15 is 0 Å². The summed E-state index contributed by atoms with van der Waals surface area (Å²) in [6, 6.07) is 13.1. The molecule has 0 spiro atoms. The summed E-state index contributed by atoms with van der Waals surface area (Å²) >= 11 is 0. The third-order valence-electron chi connectivity index (χ3n) is 4.32. The lowest BCUT2D eigenvalue weighted by atomic mass is 10.1. The summed E-state index contributed by atoms with van der Waals surface area (Å²) < 4.78 is 4.94. The maximum absolute atomic E-state index is 12.3. The molecule has 2 aromatic carbocycles. The zero-order chi connectivity index (χ0) is 20.1. The Morgan fingerprint density at radius 3 is 2.32 bits per heavy atom. The van der Waals surface area contributed by atoms with Crippen LogP contribution in [0.5, 0.6) is 0 Å². The second-order valence-corrected chi connectivity index (χ2v) is 6.26. The first-order valence-electron chi connectivity index (χ1n) is 9.03. The molecule has 3 amide bonds. The van der Waals surface area contributed by atoms with E-state index in [0.717, 1.165) is 0 Å². The average molecular weight is 380 g/mol. The van der Waals surface area contributed by atoms with Gasteiger partial charge in [-0.05, 0) is 43.7 Å². The normalized spacial score (nSPS) is 12.7. The van der Waals surface area contributed by atoms with Gasteiger partial charge in [0.25, 0.3) is 11.8 Å². The summed E-state index contributed by atoms with van der Waals surface area (Å²) in [5, 5.41) is 2.71. The third-order valence-corrected chi connectivity index (χ3v) is 4.32. The van der Waals surface area contributed by atoms with Crippen molar-refractivity contribution in [2.75, 3.05) is 18.5 Å². The van der Waals surface area contributed by atoms with Crippen molar-refractivity contribution in [3.05, 3.63) is 65.2 Å². The van der Waals surface area contributed by atoms with Crippen LogP contribution in [0.2, 0.25) is 0 Å². The topological polar surface area (TPSA) is 92.8 Å². The molecule has 0 radical (unpaired) electrons. The lowest BCUT2D eigenvalue weighted by Crippen LogP contribution is -2.31. The summed E-state index contributed by atoms with van der Waals surface area (Å²) in [5.41, 5.74) is 1.63. The predicted octanol–water partition coefficient (Wildman–Crippen LogP) is 2.88. The highest BCUT2D eigenvalue weighted by molar-refractivity contribution is 6.21. The van der Waals surface area contributed by atoms with E-state index in [1.165, 1.54) is 4.90 Å². The number of ether oxygens (including phenoxy) is 1. The van der Waals surface area contributed by atoms with E-state index in [-0.39, 0.29) is 37.3 Å². The Kier molecular flexibility index (Phi) is 5.84. The number of nitrogens with zero attached hydrogens (tertiary/aromatic N) is 1. The molecule has 0 saturated carbocycles. The summed E-state index contributed by atoms with van der Waals surface area (Å²) in [6.07, 6.45) is 0.478. The van der Waals surface area contributed by atoms with Gasteiger partial charge in [0.15, 0.2) is 0 Å². The van der Waals surface area contributed by atoms with E-state index in [0.29, 0.717) is 28.8 Å². The van der Waals surface area contributed by atoms with Crippen LogP contribution in [0.1, 0.15) is 50.8 Å². The number of hydrogen-bond donors (Lipinski definition) is 1.